The van der Waals surface area contributed by atoms with Crippen LogP contribution in [0.4, 0.5) is 23.2 Å². The van der Waals surface area contributed by atoms with E-state index in [1.54, 1.807) is 24.3 Å². The van der Waals surface area contributed by atoms with Gasteiger partial charge in [-0.25, -0.2) is 4.39 Å². The van der Waals surface area contributed by atoms with Crippen LogP contribution in [0.2, 0.25) is 0 Å². The largest absolute Gasteiger partial charge is 0.419 e. The molecule has 2 N–H and O–H groups in total. The zero-order chi connectivity index (χ0) is 13.3. The fourth-order valence-corrected chi connectivity index (χ4v) is 1.60. The second-order valence-corrected chi connectivity index (χ2v) is 3.81. The Bertz CT molecular complexity index is 558. The van der Waals surface area contributed by atoms with Gasteiger partial charge in [-0.2, -0.15) is 13.2 Å². The van der Waals surface area contributed by atoms with Crippen LogP contribution in [0.15, 0.2) is 42.5 Å². The molecule has 0 bridgehead atoms. The Hall–Kier alpha value is -2.04. The average molecular weight is 255 g/mol. The third-order valence-electron chi connectivity index (χ3n) is 2.52. The number of anilines is 1. The lowest BCUT2D eigenvalue weighted by Gasteiger charge is -2.09. The molecular formula is C13H9F4N. The summed E-state index contributed by atoms with van der Waals surface area (Å²) in [4.78, 5) is 0. The summed E-state index contributed by atoms with van der Waals surface area (Å²) in [5.41, 5.74) is 5.75. The molecule has 0 radical (unpaired) electrons. The molecule has 0 aromatic heterocycles. The number of hydrogen-bond acceptors (Lipinski definition) is 1. The summed E-state index contributed by atoms with van der Waals surface area (Å²) in [5, 5.41) is 0. The van der Waals surface area contributed by atoms with Gasteiger partial charge in [0.2, 0.25) is 0 Å². The molecule has 0 saturated heterocycles. The molecule has 2 aromatic rings. The van der Waals surface area contributed by atoms with Crippen molar-refractivity contribution in [3.63, 3.8) is 0 Å². The highest BCUT2D eigenvalue weighted by atomic mass is 19.4. The summed E-state index contributed by atoms with van der Waals surface area (Å²) < 4.78 is 50.5. The van der Waals surface area contributed by atoms with Crippen molar-refractivity contribution in [3.8, 4) is 11.1 Å². The predicted octanol–water partition coefficient (Wildman–Crippen LogP) is 4.09. The first kappa shape index (κ1) is 12.4. The van der Waals surface area contributed by atoms with Gasteiger partial charge >= 0.3 is 6.18 Å². The lowest BCUT2D eigenvalue weighted by Crippen LogP contribution is -2.07. The van der Waals surface area contributed by atoms with E-state index in [9.17, 15) is 17.6 Å². The average Bonchev–Trinajstić information content (AvgIpc) is 2.28. The van der Waals surface area contributed by atoms with E-state index in [1.165, 1.54) is 6.07 Å². The number of alkyl halides is 3. The van der Waals surface area contributed by atoms with Crippen molar-refractivity contribution >= 4 is 5.69 Å². The van der Waals surface area contributed by atoms with E-state index in [-0.39, 0.29) is 0 Å². The maximum Gasteiger partial charge on any atom is 0.419 e. The van der Waals surface area contributed by atoms with E-state index >= 15 is 0 Å². The van der Waals surface area contributed by atoms with Crippen molar-refractivity contribution in [3.05, 3.63) is 53.8 Å². The van der Waals surface area contributed by atoms with Gasteiger partial charge in [-0.05, 0) is 35.4 Å². The lowest BCUT2D eigenvalue weighted by molar-refractivity contribution is -0.139. The summed E-state index contributed by atoms with van der Waals surface area (Å²) in [6.07, 6.45) is -4.68. The molecule has 5 heteroatoms. The molecule has 0 aliphatic rings. The topological polar surface area (TPSA) is 26.0 Å². The number of benzene rings is 2. The van der Waals surface area contributed by atoms with Crippen LogP contribution in [0.25, 0.3) is 11.1 Å². The quantitative estimate of drug-likeness (QED) is 0.602. The smallest absolute Gasteiger partial charge is 0.399 e. The van der Waals surface area contributed by atoms with E-state index in [0.29, 0.717) is 16.8 Å². The van der Waals surface area contributed by atoms with Crippen molar-refractivity contribution in [2.45, 2.75) is 6.18 Å². The van der Waals surface area contributed by atoms with Crippen LogP contribution in [-0.4, -0.2) is 0 Å². The van der Waals surface area contributed by atoms with Gasteiger partial charge in [-0.3, -0.25) is 0 Å². The van der Waals surface area contributed by atoms with E-state index in [2.05, 4.69) is 0 Å². The van der Waals surface area contributed by atoms with Crippen molar-refractivity contribution < 1.29 is 17.6 Å². The monoisotopic (exact) mass is 255 g/mol. The number of nitrogen functional groups attached to an aromatic ring is 1. The summed E-state index contributed by atoms with van der Waals surface area (Å²) in [7, 11) is 0. The van der Waals surface area contributed by atoms with Crippen molar-refractivity contribution in [1.29, 1.82) is 0 Å². The van der Waals surface area contributed by atoms with Gasteiger partial charge in [0.1, 0.15) is 5.82 Å². The molecule has 94 valence electrons. The van der Waals surface area contributed by atoms with E-state index < -0.39 is 17.6 Å². The van der Waals surface area contributed by atoms with Crippen molar-refractivity contribution in [2.24, 2.45) is 0 Å². The molecule has 2 rings (SSSR count). The van der Waals surface area contributed by atoms with E-state index in [0.717, 1.165) is 12.1 Å². The Morgan fingerprint density at radius 2 is 1.39 bits per heavy atom. The second kappa shape index (κ2) is 4.33. The van der Waals surface area contributed by atoms with Crippen LogP contribution in [0.5, 0.6) is 0 Å². The van der Waals surface area contributed by atoms with Gasteiger partial charge in [0.15, 0.2) is 0 Å². The molecule has 0 aliphatic carbocycles. The molecule has 0 atom stereocenters. The van der Waals surface area contributed by atoms with Crippen molar-refractivity contribution in [2.75, 3.05) is 5.73 Å². The van der Waals surface area contributed by atoms with Gasteiger partial charge < -0.3 is 5.73 Å². The second-order valence-electron chi connectivity index (χ2n) is 3.81. The fourth-order valence-electron chi connectivity index (χ4n) is 1.60. The van der Waals surface area contributed by atoms with Crippen LogP contribution in [-0.2, 0) is 6.18 Å². The predicted molar refractivity (Wildman–Crippen MR) is 61.3 cm³/mol. The van der Waals surface area contributed by atoms with Gasteiger partial charge in [0.25, 0.3) is 0 Å². The Labute approximate surface area is 101 Å². The van der Waals surface area contributed by atoms with E-state index in [4.69, 9.17) is 5.73 Å². The van der Waals surface area contributed by atoms with Crippen LogP contribution in [0.1, 0.15) is 5.56 Å². The molecule has 0 unspecified atom stereocenters. The maximum atomic E-state index is 13.4. The van der Waals surface area contributed by atoms with Gasteiger partial charge in [0.05, 0.1) is 5.56 Å². The van der Waals surface area contributed by atoms with Gasteiger partial charge in [0, 0.05) is 5.69 Å². The number of halogens is 4. The Balaban J connectivity index is 2.43. The van der Waals surface area contributed by atoms with Crippen LogP contribution >= 0.6 is 0 Å². The minimum Gasteiger partial charge on any atom is -0.399 e. The zero-order valence-corrected chi connectivity index (χ0v) is 9.13. The molecule has 0 aliphatic heterocycles. The minimum atomic E-state index is -4.68. The lowest BCUT2D eigenvalue weighted by atomic mass is 10.0. The minimum absolute atomic E-state index is 0.375. The van der Waals surface area contributed by atoms with Crippen molar-refractivity contribution in [1.82, 2.24) is 0 Å². The fraction of sp³-hybridized carbons (Fsp3) is 0.0769. The van der Waals surface area contributed by atoms with Crippen LogP contribution < -0.4 is 5.73 Å². The summed E-state index contributed by atoms with van der Waals surface area (Å²) in [6.45, 7) is 0. The highest BCUT2D eigenvalue weighted by Gasteiger charge is 2.33. The maximum absolute atomic E-state index is 13.4. The molecule has 1 nitrogen and oxygen atoms in total. The summed E-state index contributed by atoms with van der Waals surface area (Å²) in [6, 6.07) is 9.29. The first-order valence-corrected chi connectivity index (χ1v) is 5.10. The molecule has 0 spiro atoms. The number of rotatable bonds is 1. The normalized spacial score (nSPS) is 11.6. The first-order chi connectivity index (χ1) is 8.38. The Kier molecular flexibility index (Phi) is 2.98. The highest BCUT2D eigenvalue weighted by molar-refractivity contribution is 5.66. The standard InChI is InChI=1S/C13H9F4N/c14-12-7-9(3-6-11(12)13(15,16)17)8-1-4-10(18)5-2-8/h1-7H,18H2. The summed E-state index contributed by atoms with van der Waals surface area (Å²) in [5.74, 6) is -1.28. The third-order valence-corrected chi connectivity index (χ3v) is 2.52. The highest BCUT2D eigenvalue weighted by Crippen LogP contribution is 2.33. The molecule has 0 heterocycles. The molecule has 0 fully saturated rings. The Morgan fingerprint density at radius 1 is 0.833 bits per heavy atom. The molecule has 18 heavy (non-hydrogen) atoms. The van der Waals surface area contributed by atoms with Gasteiger partial charge in [-0.1, -0.05) is 18.2 Å². The third kappa shape index (κ3) is 2.45. The van der Waals surface area contributed by atoms with Crippen LogP contribution in [0, 0.1) is 5.82 Å². The number of nitrogens with two attached hydrogens (primary N) is 1. The Morgan fingerprint density at radius 3 is 1.89 bits per heavy atom. The number of hydrogen-bond donors (Lipinski definition) is 1. The van der Waals surface area contributed by atoms with Gasteiger partial charge in [-0.15, -0.1) is 0 Å². The first-order valence-electron chi connectivity index (χ1n) is 5.10. The molecular weight excluding hydrogens is 246 g/mol. The molecule has 0 saturated carbocycles. The zero-order valence-electron chi connectivity index (χ0n) is 9.13. The van der Waals surface area contributed by atoms with Crippen LogP contribution in [0.3, 0.4) is 0 Å². The molecule has 2 aromatic carbocycles. The molecule has 0 amide bonds. The summed E-state index contributed by atoms with van der Waals surface area (Å²) >= 11 is 0. The SMILES string of the molecule is Nc1ccc(-c2ccc(C(F)(F)F)c(F)c2)cc1. The van der Waals surface area contributed by atoms with E-state index in [1.807, 2.05) is 0 Å².